The van der Waals surface area contributed by atoms with E-state index in [0.717, 1.165) is 27.3 Å². The Labute approximate surface area is 308 Å². The van der Waals surface area contributed by atoms with E-state index in [4.69, 9.17) is 21.2 Å². The number of fused-ring (bicyclic) bond motifs is 9. The molecule has 0 unspecified atom stereocenters. The Morgan fingerprint density at radius 1 is 0.420 bits per heavy atom. The second-order valence-corrected chi connectivity index (χ2v) is 12.1. The van der Waals surface area contributed by atoms with Crippen molar-refractivity contribution in [2.45, 2.75) is 0 Å². The van der Waals surface area contributed by atoms with Crippen LogP contribution in [-0.4, -0.2) is 0 Å². The van der Waals surface area contributed by atoms with E-state index in [9.17, 15) is 8.22 Å². The molecule has 11 aromatic rings. The van der Waals surface area contributed by atoms with Crippen molar-refractivity contribution < 1.29 is 29.4 Å². The third kappa shape index (κ3) is 3.96. The van der Waals surface area contributed by atoms with E-state index in [-0.39, 0.29) is 38.2 Å². The Kier molecular flexibility index (Phi) is 3.47. The predicted molar refractivity (Wildman–Crippen MR) is 210 cm³/mol. The summed E-state index contributed by atoms with van der Waals surface area (Å²) in [5.41, 5.74) is 2.36. The van der Waals surface area contributed by atoms with E-state index in [1.54, 1.807) is 24.5 Å². The minimum absolute atomic E-state index is 0.0197. The van der Waals surface area contributed by atoms with Crippen molar-refractivity contribution in [3.63, 3.8) is 0 Å². The summed E-state index contributed by atoms with van der Waals surface area (Å²) in [7, 11) is 0. The van der Waals surface area contributed by atoms with Gasteiger partial charge in [0.05, 0.1) is 26.8 Å². The molecule has 0 aliphatic heterocycles. The predicted octanol–water partition coefficient (Wildman–Crippen LogP) is 13.9. The SMILES string of the molecule is [2H]c1c([2H])c([2H])c2c([2H])c(-c3c4c([2H])c([2H])c([2H])c([2H])c4c(-c4ccc5c(c4)oc4c5ccc5c(-c6ccc7ccccc7c6)coc54)c4c([2H])c([2H])c([2H])c([2H])c34)c([2H])c([2H])c2c1[2H]. The van der Waals surface area contributed by atoms with Crippen LogP contribution in [0.2, 0.25) is 0 Å². The molecule has 0 amide bonds. The Bertz CT molecular complexity index is 3940. The van der Waals surface area contributed by atoms with Gasteiger partial charge in [-0.2, -0.15) is 0 Å². The van der Waals surface area contributed by atoms with E-state index in [1.807, 2.05) is 48.5 Å². The van der Waals surface area contributed by atoms with E-state index in [0.29, 0.717) is 27.5 Å². The fourth-order valence-electron chi connectivity index (χ4n) is 7.13. The normalized spacial score (nSPS) is 16.2. The van der Waals surface area contributed by atoms with Crippen LogP contribution in [0.1, 0.15) is 20.6 Å². The minimum atomic E-state index is -0.751. The standard InChI is InChI=1S/C48H28O2/c1-3-11-31-25-33(19-17-29(31)9-1)43-28-49-47-42(43)24-23-41-36-22-21-35(27-44(36)50-48(41)47)46-39-15-7-5-13-37(39)45(38-14-6-8-16-40(38)46)34-20-18-30-10-2-4-12-32(30)26-34/h1-28H/i2D,4D,5D,6D,7D,8D,10D,12D,13D,14D,15D,16D,18D,20D,26D. The molecule has 2 heteroatoms. The first-order chi connectivity index (χ1) is 31.0. The lowest BCUT2D eigenvalue weighted by atomic mass is 9.85. The van der Waals surface area contributed by atoms with Crippen LogP contribution in [0.15, 0.2) is 179 Å². The zero-order chi connectivity index (χ0) is 45.8. The van der Waals surface area contributed by atoms with Gasteiger partial charge in [0.25, 0.3) is 0 Å². The molecule has 0 aliphatic rings. The fraction of sp³-hybridized carbons (Fsp3) is 0. The van der Waals surface area contributed by atoms with Crippen molar-refractivity contribution in [3.05, 3.63) is 170 Å². The summed E-state index contributed by atoms with van der Waals surface area (Å²) >= 11 is 0. The van der Waals surface area contributed by atoms with Gasteiger partial charge in [0.2, 0.25) is 0 Å². The molecule has 0 fully saturated rings. The Balaban J connectivity index is 1.26. The number of hydrogen-bond acceptors (Lipinski definition) is 2. The molecular weight excluding hydrogens is 609 g/mol. The van der Waals surface area contributed by atoms with Gasteiger partial charge in [-0.3, -0.25) is 0 Å². The third-order valence-corrected chi connectivity index (χ3v) is 9.40. The van der Waals surface area contributed by atoms with E-state index < -0.39 is 107 Å². The topological polar surface area (TPSA) is 26.3 Å². The fourth-order valence-corrected chi connectivity index (χ4v) is 7.13. The highest BCUT2D eigenvalue weighted by molar-refractivity contribution is 6.23. The van der Waals surface area contributed by atoms with Gasteiger partial charge < -0.3 is 8.83 Å². The molecule has 9 aromatic carbocycles. The van der Waals surface area contributed by atoms with E-state index >= 15 is 0 Å². The quantitative estimate of drug-likeness (QED) is 0.178. The van der Waals surface area contributed by atoms with Gasteiger partial charge in [0.1, 0.15) is 5.58 Å². The molecule has 2 aromatic heterocycles. The van der Waals surface area contributed by atoms with Crippen molar-refractivity contribution in [2.75, 3.05) is 0 Å². The molecule has 0 bridgehead atoms. The van der Waals surface area contributed by atoms with Crippen LogP contribution in [0, 0.1) is 0 Å². The lowest BCUT2D eigenvalue weighted by Crippen LogP contribution is -1.90. The van der Waals surface area contributed by atoms with Gasteiger partial charge in [-0.25, -0.2) is 0 Å². The second kappa shape index (κ2) is 10.4. The summed E-state index contributed by atoms with van der Waals surface area (Å²) in [5.74, 6) is 0. The maximum absolute atomic E-state index is 9.46. The van der Waals surface area contributed by atoms with Crippen molar-refractivity contribution >= 4 is 76.0 Å². The van der Waals surface area contributed by atoms with Crippen LogP contribution < -0.4 is 0 Å². The van der Waals surface area contributed by atoms with Crippen LogP contribution >= 0.6 is 0 Å². The molecular formula is C48H28O2. The van der Waals surface area contributed by atoms with E-state index in [2.05, 4.69) is 6.07 Å². The maximum Gasteiger partial charge on any atom is 0.178 e. The Hall–Kier alpha value is -6.64. The molecule has 0 saturated carbocycles. The zero-order valence-electron chi connectivity index (χ0n) is 40.8. The molecule has 50 heavy (non-hydrogen) atoms. The molecule has 0 aliphatic carbocycles. The summed E-state index contributed by atoms with van der Waals surface area (Å²) in [4.78, 5) is 0. The van der Waals surface area contributed by atoms with Crippen LogP contribution in [0.3, 0.4) is 0 Å². The van der Waals surface area contributed by atoms with Gasteiger partial charge in [-0.1, -0.05) is 127 Å². The third-order valence-electron chi connectivity index (χ3n) is 9.40. The molecule has 0 saturated heterocycles. The number of hydrogen-bond donors (Lipinski definition) is 0. The summed E-state index contributed by atoms with van der Waals surface area (Å²) < 4.78 is 147. The summed E-state index contributed by atoms with van der Waals surface area (Å²) in [6, 6.07) is 12.8. The first-order valence-corrected chi connectivity index (χ1v) is 15.9. The molecule has 0 spiro atoms. The first-order valence-electron chi connectivity index (χ1n) is 23.4. The van der Waals surface area contributed by atoms with Crippen molar-refractivity contribution in [1.82, 2.24) is 0 Å². The molecule has 0 N–H and O–H groups in total. The summed E-state index contributed by atoms with van der Waals surface area (Å²) in [5, 5.41) is 2.38. The summed E-state index contributed by atoms with van der Waals surface area (Å²) in [6.07, 6.45) is 1.67. The van der Waals surface area contributed by atoms with Crippen molar-refractivity contribution in [2.24, 2.45) is 0 Å². The first kappa shape index (κ1) is 16.6. The van der Waals surface area contributed by atoms with Crippen LogP contribution in [-0.2, 0) is 0 Å². The minimum Gasteiger partial charge on any atom is -0.460 e. The molecule has 2 nitrogen and oxygen atoms in total. The molecule has 2 heterocycles. The number of rotatable bonds is 3. The zero-order valence-corrected chi connectivity index (χ0v) is 25.8. The van der Waals surface area contributed by atoms with Gasteiger partial charge in [-0.05, 0) is 107 Å². The largest absolute Gasteiger partial charge is 0.460 e. The van der Waals surface area contributed by atoms with Crippen LogP contribution in [0.5, 0.6) is 0 Å². The molecule has 0 atom stereocenters. The molecule has 0 radical (unpaired) electrons. The monoisotopic (exact) mass is 651 g/mol. The highest BCUT2D eigenvalue weighted by atomic mass is 16.4. The number of furan rings is 2. The maximum atomic E-state index is 9.46. The average Bonchev–Trinajstić information content (AvgIpc) is 3.92. The average molecular weight is 652 g/mol. The second-order valence-electron chi connectivity index (χ2n) is 12.1. The van der Waals surface area contributed by atoms with Gasteiger partial charge in [0, 0.05) is 21.7 Å². The highest BCUT2D eigenvalue weighted by Crippen LogP contribution is 2.46. The van der Waals surface area contributed by atoms with Gasteiger partial charge in [-0.15, -0.1) is 0 Å². The van der Waals surface area contributed by atoms with Crippen molar-refractivity contribution in [1.29, 1.82) is 0 Å². The molecule has 11 rings (SSSR count). The molecule has 232 valence electrons. The number of benzene rings is 9. The Morgan fingerprint density at radius 3 is 1.84 bits per heavy atom. The lowest BCUT2D eigenvalue weighted by molar-refractivity contribution is 0.600. The lowest BCUT2D eigenvalue weighted by Gasteiger charge is -2.18. The van der Waals surface area contributed by atoms with Crippen LogP contribution in [0.4, 0.5) is 0 Å². The van der Waals surface area contributed by atoms with Crippen LogP contribution in [0.25, 0.3) is 109 Å². The van der Waals surface area contributed by atoms with E-state index in [1.165, 1.54) is 0 Å². The van der Waals surface area contributed by atoms with Crippen molar-refractivity contribution in [3.8, 4) is 33.4 Å². The van der Waals surface area contributed by atoms with Gasteiger partial charge in [0.15, 0.2) is 11.2 Å². The smallest absolute Gasteiger partial charge is 0.178 e. The Morgan fingerprint density at radius 2 is 1.06 bits per heavy atom. The van der Waals surface area contributed by atoms with Gasteiger partial charge >= 0.3 is 0 Å². The highest BCUT2D eigenvalue weighted by Gasteiger charge is 2.20. The summed E-state index contributed by atoms with van der Waals surface area (Å²) in [6.45, 7) is 0.